The maximum Gasteiger partial charge on any atom is 0.295 e. The van der Waals surface area contributed by atoms with E-state index >= 15 is 0 Å². The van der Waals surface area contributed by atoms with Gasteiger partial charge in [0.1, 0.15) is 17.6 Å². The molecule has 0 radical (unpaired) electrons. The van der Waals surface area contributed by atoms with E-state index in [0.717, 1.165) is 29.7 Å². The zero-order chi connectivity index (χ0) is 27.5. The number of ketones is 1. The second-order valence-corrected chi connectivity index (χ2v) is 9.98. The SMILES string of the molecule is CCCCOc1ccc([C@@H]2/C(=C(\O)c3ccc4c(c3)C[C@H](C)O4)C(=O)C(=O)N2Cc2ccccc2)cc1OC. The summed E-state index contributed by atoms with van der Waals surface area (Å²) in [4.78, 5) is 28.4. The lowest BCUT2D eigenvalue weighted by Gasteiger charge is -2.26. The molecule has 2 heterocycles. The van der Waals surface area contributed by atoms with E-state index in [2.05, 4.69) is 6.92 Å². The van der Waals surface area contributed by atoms with Gasteiger partial charge in [-0.15, -0.1) is 0 Å². The Morgan fingerprint density at radius 1 is 1.05 bits per heavy atom. The van der Waals surface area contributed by atoms with Crippen LogP contribution >= 0.6 is 0 Å². The van der Waals surface area contributed by atoms with Gasteiger partial charge in [0.25, 0.3) is 11.7 Å². The minimum Gasteiger partial charge on any atom is -0.507 e. The number of Topliss-reactive ketones (excluding diaryl/α,β-unsaturated/α-hetero) is 1. The van der Waals surface area contributed by atoms with Gasteiger partial charge in [0.15, 0.2) is 11.5 Å². The van der Waals surface area contributed by atoms with Crippen molar-refractivity contribution in [2.75, 3.05) is 13.7 Å². The van der Waals surface area contributed by atoms with Crippen molar-refractivity contribution in [1.82, 2.24) is 4.90 Å². The molecule has 0 unspecified atom stereocenters. The van der Waals surface area contributed by atoms with Gasteiger partial charge in [-0.2, -0.15) is 0 Å². The number of aliphatic hydroxyl groups is 1. The molecule has 0 saturated carbocycles. The fourth-order valence-electron chi connectivity index (χ4n) is 5.19. The molecule has 0 bridgehead atoms. The van der Waals surface area contributed by atoms with Crippen molar-refractivity contribution < 1.29 is 28.9 Å². The predicted octanol–water partition coefficient (Wildman–Crippen LogP) is 5.82. The van der Waals surface area contributed by atoms with Crippen molar-refractivity contribution in [1.29, 1.82) is 0 Å². The second kappa shape index (κ2) is 11.2. The Labute approximate surface area is 228 Å². The van der Waals surface area contributed by atoms with Crippen LogP contribution in [0, 0.1) is 0 Å². The van der Waals surface area contributed by atoms with E-state index in [-0.39, 0.29) is 24.0 Å². The standard InChI is InChI=1S/C32H33NO6/c1-4-5-15-38-26-14-11-22(18-27(26)37-3)29-28(30(34)23-12-13-25-24(17-23)16-20(2)39-25)31(35)32(36)33(29)19-21-9-7-6-8-10-21/h6-14,17-18,20,29,34H,4-5,15-16,19H2,1-3H3/b30-28+/t20-,29+/m0/s1. The molecule has 2 aliphatic heterocycles. The number of rotatable bonds is 9. The van der Waals surface area contributed by atoms with Gasteiger partial charge in [-0.3, -0.25) is 9.59 Å². The normalized spacial score (nSPS) is 19.6. The van der Waals surface area contributed by atoms with Crippen LogP contribution in [-0.2, 0) is 22.6 Å². The number of aliphatic hydroxyl groups excluding tert-OH is 1. The monoisotopic (exact) mass is 527 g/mol. The molecule has 202 valence electrons. The average molecular weight is 528 g/mol. The Morgan fingerprint density at radius 3 is 2.59 bits per heavy atom. The minimum absolute atomic E-state index is 0.0411. The summed E-state index contributed by atoms with van der Waals surface area (Å²) in [6.45, 7) is 4.84. The topological polar surface area (TPSA) is 85.3 Å². The van der Waals surface area contributed by atoms with Crippen LogP contribution in [-0.4, -0.2) is 41.5 Å². The zero-order valence-electron chi connectivity index (χ0n) is 22.5. The lowest BCUT2D eigenvalue weighted by atomic mass is 9.94. The number of hydrogen-bond acceptors (Lipinski definition) is 6. The van der Waals surface area contributed by atoms with Crippen molar-refractivity contribution in [3.8, 4) is 17.2 Å². The summed E-state index contributed by atoms with van der Waals surface area (Å²) >= 11 is 0. The molecule has 5 rings (SSSR count). The largest absolute Gasteiger partial charge is 0.507 e. The number of nitrogens with zero attached hydrogens (tertiary/aromatic N) is 1. The van der Waals surface area contributed by atoms with E-state index in [1.54, 1.807) is 31.4 Å². The Balaban J connectivity index is 1.60. The van der Waals surface area contributed by atoms with Crippen molar-refractivity contribution >= 4 is 17.4 Å². The molecule has 1 saturated heterocycles. The Kier molecular flexibility index (Phi) is 7.59. The highest BCUT2D eigenvalue weighted by atomic mass is 16.5. The van der Waals surface area contributed by atoms with Crippen LogP contribution in [0.3, 0.4) is 0 Å². The number of fused-ring (bicyclic) bond motifs is 1. The quantitative estimate of drug-likeness (QED) is 0.163. The molecule has 3 aromatic carbocycles. The molecule has 7 nitrogen and oxygen atoms in total. The molecule has 0 aromatic heterocycles. The van der Waals surface area contributed by atoms with Gasteiger partial charge in [0, 0.05) is 18.5 Å². The van der Waals surface area contributed by atoms with E-state index in [9.17, 15) is 14.7 Å². The molecule has 1 N–H and O–H groups in total. The van der Waals surface area contributed by atoms with Crippen LogP contribution in [0.2, 0.25) is 0 Å². The highest BCUT2D eigenvalue weighted by Crippen LogP contribution is 2.43. The maximum absolute atomic E-state index is 13.5. The van der Waals surface area contributed by atoms with Crippen LogP contribution in [0.5, 0.6) is 17.2 Å². The van der Waals surface area contributed by atoms with Crippen molar-refractivity contribution in [3.63, 3.8) is 0 Å². The fourth-order valence-corrected chi connectivity index (χ4v) is 5.19. The van der Waals surface area contributed by atoms with Gasteiger partial charge in [-0.1, -0.05) is 49.7 Å². The van der Waals surface area contributed by atoms with Gasteiger partial charge >= 0.3 is 0 Å². The molecule has 2 atom stereocenters. The molecule has 7 heteroatoms. The minimum atomic E-state index is -0.813. The van der Waals surface area contributed by atoms with E-state index in [1.165, 1.54) is 4.90 Å². The summed E-state index contributed by atoms with van der Waals surface area (Å²) < 4.78 is 17.3. The Morgan fingerprint density at radius 2 is 1.85 bits per heavy atom. The van der Waals surface area contributed by atoms with Gasteiger partial charge in [0.05, 0.1) is 25.3 Å². The van der Waals surface area contributed by atoms with E-state index in [1.807, 2.05) is 49.4 Å². The highest BCUT2D eigenvalue weighted by molar-refractivity contribution is 6.46. The van der Waals surface area contributed by atoms with E-state index in [0.29, 0.717) is 35.7 Å². The van der Waals surface area contributed by atoms with Gasteiger partial charge < -0.3 is 24.2 Å². The number of amides is 1. The number of likely N-dealkylation sites (tertiary alicyclic amines) is 1. The van der Waals surface area contributed by atoms with Gasteiger partial charge in [-0.05, 0) is 60.4 Å². The number of unbranched alkanes of at least 4 members (excludes halogenated alkanes) is 1. The average Bonchev–Trinajstić information content (AvgIpc) is 3.44. The fraction of sp³-hybridized carbons (Fsp3) is 0.312. The molecule has 2 aliphatic rings. The van der Waals surface area contributed by atoms with E-state index in [4.69, 9.17) is 14.2 Å². The third-order valence-corrected chi connectivity index (χ3v) is 7.16. The highest BCUT2D eigenvalue weighted by Gasteiger charge is 2.46. The number of ether oxygens (including phenoxy) is 3. The van der Waals surface area contributed by atoms with Crippen molar-refractivity contribution in [2.45, 2.75) is 51.8 Å². The smallest absolute Gasteiger partial charge is 0.295 e. The number of carbonyl (C=O) groups is 2. The molecule has 0 spiro atoms. The van der Waals surface area contributed by atoms with Crippen LogP contribution in [0.25, 0.3) is 5.76 Å². The van der Waals surface area contributed by atoms with Crippen LogP contribution < -0.4 is 14.2 Å². The first kappa shape index (κ1) is 26.4. The zero-order valence-corrected chi connectivity index (χ0v) is 22.5. The predicted molar refractivity (Wildman–Crippen MR) is 148 cm³/mol. The number of methoxy groups -OCH3 is 1. The van der Waals surface area contributed by atoms with Crippen LogP contribution in [0.1, 0.15) is 55.0 Å². The number of hydrogen-bond donors (Lipinski definition) is 1. The van der Waals surface area contributed by atoms with E-state index < -0.39 is 17.7 Å². The van der Waals surface area contributed by atoms with Crippen LogP contribution in [0.4, 0.5) is 0 Å². The third-order valence-electron chi connectivity index (χ3n) is 7.16. The molecule has 1 fully saturated rings. The lowest BCUT2D eigenvalue weighted by Crippen LogP contribution is -2.29. The summed E-state index contributed by atoms with van der Waals surface area (Å²) in [5.74, 6) is 0.258. The van der Waals surface area contributed by atoms with Gasteiger partial charge in [0.2, 0.25) is 0 Å². The summed E-state index contributed by atoms with van der Waals surface area (Å²) in [7, 11) is 1.56. The number of carbonyl (C=O) groups excluding carboxylic acids is 2. The third kappa shape index (κ3) is 5.21. The first-order valence-corrected chi connectivity index (χ1v) is 13.3. The van der Waals surface area contributed by atoms with Crippen LogP contribution in [0.15, 0.2) is 72.3 Å². The second-order valence-electron chi connectivity index (χ2n) is 9.98. The van der Waals surface area contributed by atoms with Crippen molar-refractivity contribution in [2.24, 2.45) is 0 Å². The lowest BCUT2D eigenvalue weighted by molar-refractivity contribution is -0.140. The molecular weight excluding hydrogens is 494 g/mol. The molecule has 39 heavy (non-hydrogen) atoms. The van der Waals surface area contributed by atoms with Crippen molar-refractivity contribution in [3.05, 3.63) is 94.6 Å². The summed E-state index contributed by atoms with van der Waals surface area (Å²) in [5, 5.41) is 11.5. The summed E-state index contributed by atoms with van der Waals surface area (Å²) in [5.41, 5.74) is 2.99. The summed E-state index contributed by atoms with van der Waals surface area (Å²) in [6.07, 6.45) is 2.66. The Hall–Kier alpha value is -4.26. The Bertz CT molecular complexity index is 1410. The summed E-state index contributed by atoms with van der Waals surface area (Å²) in [6, 6.07) is 19.4. The molecule has 3 aromatic rings. The van der Waals surface area contributed by atoms with Gasteiger partial charge in [-0.25, -0.2) is 0 Å². The number of benzene rings is 3. The first-order chi connectivity index (χ1) is 18.9. The maximum atomic E-state index is 13.5. The molecular formula is C32H33NO6. The molecule has 1 amide bonds. The first-order valence-electron chi connectivity index (χ1n) is 13.3. The molecule has 0 aliphatic carbocycles.